The van der Waals surface area contributed by atoms with Gasteiger partial charge in [-0.3, -0.25) is 4.79 Å². The van der Waals surface area contributed by atoms with E-state index in [1.807, 2.05) is 38.1 Å². The first-order chi connectivity index (χ1) is 9.58. The van der Waals surface area contributed by atoms with Crippen LogP contribution in [-0.4, -0.2) is 17.6 Å². The van der Waals surface area contributed by atoms with Crippen LogP contribution < -0.4 is 5.32 Å². The smallest absolute Gasteiger partial charge is 0.307 e. The van der Waals surface area contributed by atoms with Crippen LogP contribution in [0.2, 0.25) is 0 Å². The third-order valence-electron chi connectivity index (χ3n) is 3.37. The van der Waals surface area contributed by atoms with E-state index in [9.17, 15) is 9.90 Å². The maximum absolute atomic E-state index is 11.2. The lowest BCUT2D eigenvalue weighted by atomic mass is 9.97. The summed E-state index contributed by atoms with van der Waals surface area (Å²) in [4.78, 5) is 11.2. The van der Waals surface area contributed by atoms with Crippen LogP contribution in [0.4, 0.5) is 0 Å². The van der Waals surface area contributed by atoms with E-state index in [-0.39, 0.29) is 5.92 Å². The molecule has 1 unspecified atom stereocenters. The van der Waals surface area contributed by atoms with Crippen LogP contribution in [0.3, 0.4) is 0 Å². The highest BCUT2D eigenvalue weighted by Gasteiger charge is 2.18. The van der Waals surface area contributed by atoms with E-state index in [4.69, 9.17) is 4.42 Å². The number of para-hydroxylation sites is 1. The number of hydrogen-bond acceptors (Lipinski definition) is 3. The van der Waals surface area contributed by atoms with Gasteiger partial charge in [0, 0.05) is 24.0 Å². The molecule has 0 bridgehead atoms. The Labute approximate surface area is 118 Å². The van der Waals surface area contributed by atoms with Gasteiger partial charge in [-0.2, -0.15) is 0 Å². The molecule has 0 saturated heterocycles. The van der Waals surface area contributed by atoms with Gasteiger partial charge in [0.1, 0.15) is 5.58 Å². The molecule has 2 N–H and O–H groups in total. The predicted molar refractivity (Wildman–Crippen MR) is 78.5 cm³/mol. The molecule has 0 fully saturated rings. The van der Waals surface area contributed by atoms with Crippen LogP contribution in [0.15, 0.2) is 34.9 Å². The SMILES string of the molecule is CC(C)CC(CNCc1cccc2ccoc12)C(=O)O. The minimum Gasteiger partial charge on any atom is -0.481 e. The lowest BCUT2D eigenvalue weighted by molar-refractivity contribution is -0.142. The van der Waals surface area contributed by atoms with E-state index in [0.717, 1.165) is 16.5 Å². The van der Waals surface area contributed by atoms with E-state index in [1.54, 1.807) is 6.26 Å². The Kier molecular flexibility index (Phi) is 4.79. The molecule has 1 heterocycles. The molecule has 4 nitrogen and oxygen atoms in total. The number of aliphatic carboxylic acids is 1. The predicted octanol–water partition coefficient (Wildman–Crippen LogP) is 3.27. The Bertz CT molecular complexity index is 574. The number of nitrogens with one attached hydrogen (secondary N) is 1. The van der Waals surface area contributed by atoms with Gasteiger partial charge in [0.05, 0.1) is 12.2 Å². The molecule has 2 aromatic rings. The molecule has 108 valence electrons. The fraction of sp³-hybridized carbons (Fsp3) is 0.438. The summed E-state index contributed by atoms with van der Waals surface area (Å²) < 4.78 is 5.46. The first kappa shape index (κ1) is 14.6. The first-order valence-corrected chi connectivity index (χ1v) is 6.96. The summed E-state index contributed by atoms with van der Waals surface area (Å²) in [6.45, 7) is 5.18. The van der Waals surface area contributed by atoms with Crippen molar-refractivity contribution < 1.29 is 14.3 Å². The molecule has 1 aromatic carbocycles. The zero-order valence-electron chi connectivity index (χ0n) is 11.9. The Morgan fingerprint density at radius 2 is 2.15 bits per heavy atom. The molecule has 0 aliphatic carbocycles. The summed E-state index contributed by atoms with van der Waals surface area (Å²) in [5.41, 5.74) is 1.93. The van der Waals surface area contributed by atoms with Gasteiger partial charge in [-0.15, -0.1) is 0 Å². The highest BCUT2D eigenvalue weighted by molar-refractivity contribution is 5.80. The number of rotatable bonds is 7. The zero-order valence-corrected chi connectivity index (χ0v) is 11.9. The van der Waals surface area contributed by atoms with Crippen LogP contribution >= 0.6 is 0 Å². The van der Waals surface area contributed by atoms with E-state index in [1.165, 1.54) is 0 Å². The number of hydrogen-bond donors (Lipinski definition) is 2. The van der Waals surface area contributed by atoms with Gasteiger partial charge in [0.25, 0.3) is 0 Å². The molecular formula is C16H21NO3. The van der Waals surface area contributed by atoms with Crippen molar-refractivity contribution in [2.75, 3.05) is 6.54 Å². The molecule has 0 aliphatic heterocycles. The number of benzene rings is 1. The minimum absolute atomic E-state index is 0.342. The standard InChI is InChI=1S/C16H21NO3/c1-11(2)8-14(16(18)19)10-17-9-13-5-3-4-12-6-7-20-15(12)13/h3-7,11,14,17H,8-10H2,1-2H3,(H,18,19). The number of carboxylic acid groups (broad SMARTS) is 1. The van der Waals surface area contributed by atoms with Crippen molar-refractivity contribution >= 4 is 16.9 Å². The minimum atomic E-state index is -0.734. The molecule has 0 aliphatic rings. The van der Waals surface area contributed by atoms with E-state index >= 15 is 0 Å². The maximum atomic E-state index is 11.2. The first-order valence-electron chi connectivity index (χ1n) is 6.96. The van der Waals surface area contributed by atoms with Gasteiger partial charge >= 0.3 is 5.97 Å². The Balaban J connectivity index is 1.94. The normalized spacial score (nSPS) is 12.9. The molecule has 20 heavy (non-hydrogen) atoms. The molecule has 4 heteroatoms. The third kappa shape index (κ3) is 3.61. The molecule has 0 radical (unpaired) electrons. The highest BCUT2D eigenvalue weighted by atomic mass is 16.4. The van der Waals surface area contributed by atoms with Crippen molar-refractivity contribution in [2.24, 2.45) is 11.8 Å². The molecular weight excluding hydrogens is 254 g/mol. The van der Waals surface area contributed by atoms with Gasteiger partial charge in [-0.25, -0.2) is 0 Å². The fourth-order valence-electron chi connectivity index (χ4n) is 2.42. The van der Waals surface area contributed by atoms with Crippen LogP contribution in [0, 0.1) is 11.8 Å². The molecule has 0 saturated carbocycles. The summed E-state index contributed by atoms with van der Waals surface area (Å²) in [7, 11) is 0. The van der Waals surface area contributed by atoms with E-state index in [0.29, 0.717) is 25.4 Å². The van der Waals surface area contributed by atoms with Gasteiger partial charge in [0.2, 0.25) is 0 Å². The average molecular weight is 275 g/mol. The molecule has 1 aromatic heterocycles. The second-order valence-corrected chi connectivity index (χ2v) is 5.55. The lowest BCUT2D eigenvalue weighted by Crippen LogP contribution is -2.29. The van der Waals surface area contributed by atoms with Crippen LogP contribution in [0.1, 0.15) is 25.8 Å². The summed E-state index contributed by atoms with van der Waals surface area (Å²) in [5, 5.41) is 13.5. The van der Waals surface area contributed by atoms with Crippen molar-refractivity contribution in [3.63, 3.8) is 0 Å². The number of fused-ring (bicyclic) bond motifs is 1. The Morgan fingerprint density at radius 1 is 1.35 bits per heavy atom. The van der Waals surface area contributed by atoms with Gasteiger partial charge < -0.3 is 14.8 Å². The van der Waals surface area contributed by atoms with Gasteiger partial charge in [0.15, 0.2) is 0 Å². The molecule has 0 amide bonds. The molecule has 0 spiro atoms. The number of carbonyl (C=O) groups is 1. The summed E-state index contributed by atoms with van der Waals surface area (Å²) in [5.74, 6) is -0.695. The lowest BCUT2D eigenvalue weighted by Gasteiger charge is -2.15. The van der Waals surface area contributed by atoms with Gasteiger partial charge in [-0.05, 0) is 18.4 Å². The maximum Gasteiger partial charge on any atom is 0.307 e. The number of carboxylic acids is 1. The van der Waals surface area contributed by atoms with Crippen molar-refractivity contribution in [1.82, 2.24) is 5.32 Å². The van der Waals surface area contributed by atoms with Crippen molar-refractivity contribution in [3.05, 3.63) is 36.1 Å². The highest BCUT2D eigenvalue weighted by Crippen LogP contribution is 2.19. The zero-order chi connectivity index (χ0) is 14.5. The Hall–Kier alpha value is -1.81. The second-order valence-electron chi connectivity index (χ2n) is 5.55. The van der Waals surface area contributed by atoms with Crippen LogP contribution in [0.5, 0.6) is 0 Å². The summed E-state index contributed by atoms with van der Waals surface area (Å²) in [6, 6.07) is 7.91. The van der Waals surface area contributed by atoms with Crippen molar-refractivity contribution in [2.45, 2.75) is 26.8 Å². The van der Waals surface area contributed by atoms with Crippen molar-refractivity contribution in [3.8, 4) is 0 Å². The van der Waals surface area contributed by atoms with Gasteiger partial charge in [-0.1, -0.05) is 32.0 Å². The van der Waals surface area contributed by atoms with E-state index in [2.05, 4.69) is 5.32 Å². The summed E-state index contributed by atoms with van der Waals surface area (Å²) in [6.07, 6.45) is 2.36. The summed E-state index contributed by atoms with van der Waals surface area (Å²) >= 11 is 0. The third-order valence-corrected chi connectivity index (χ3v) is 3.37. The Morgan fingerprint density at radius 3 is 2.85 bits per heavy atom. The molecule has 2 rings (SSSR count). The quantitative estimate of drug-likeness (QED) is 0.814. The molecule has 1 atom stereocenters. The van der Waals surface area contributed by atoms with E-state index < -0.39 is 5.97 Å². The fourth-order valence-corrected chi connectivity index (χ4v) is 2.42. The average Bonchev–Trinajstić information content (AvgIpc) is 2.86. The monoisotopic (exact) mass is 275 g/mol. The van der Waals surface area contributed by atoms with Crippen LogP contribution in [-0.2, 0) is 11.3 Å². The second kappa shape index (κ2) is 6.57. The van der Waals surface area contributed by atoms with Crippen molar-refractivity contribution in [1.29, 1.82) is 0 Å². The van der Waals surface area contributed by atoms with Crippen LogP contribution in [0.25, 0.3) is 11.0 Å². The number of furan rings is 1. The largest absolute Gasteiger partial charge is 0.481 e. The topological polar surface area (TPSA) is 62.5 Å².